The highest BCUT2D eigenvalue weighted by atomic mass is 32.2. The molecule has 0 radical (unpaired) electrons. The summed E-state index contributed by atoms with van der Waals surface area (Å²) in [4.78, 5) is 31.6. The molecule has 2 aliphatic rings. The SMILES string of the molecule is Cc1ccc(S(=O)(=O)n2c(-c3ccc(C=O)cc3)cc3c(-c4cccc(N5CCOc6cc(C7CC7)ccc6C5=O)c4)c(C#N)cnc32)cc1. The van der Waals surface area contributed by atoms with Gasteiger partial charge < -0.3 is 9.64 Å². The van der Waals surface area contributed by atoms with Crippen LogP contribution < -0.4 is 9.64 Å². The maximum absolute atomic E-state index is 14.4. The number of hydrogen-bond donors (Lipinski definition) is 0. The Morgan fingerprint density at radius 2 is 1.72 bits per heavy atom. The molecule has 0 N–H and O–H groups in total. The maximum atomic E-state index is 14.4. The van der Waals surface area contributed by atoms with Crippen molar-refractivity contribution in [3.05, 3.63) is 131 Å². The highest BCUT2D eigenvalue weighted by Crippen LogP contribution is 2.43. The molecule has 0 unspecified atom stereocenters. The van der Waals surface area contributed by atoms with Gasteiger partial charge >= 0.3 is 0 Å². The van der Waals surface area contributed by atoms with Gasteiger partial charge in [0.05, 0.1) is 28.3 Å². The van der Waals surface area contributed by atoms with Crippen LogP contribution in [0.3, 0.4) is 0 Å². The van der Waals surface area contributed by atoms with Crippen LogP contribution in [0.15, 0.2) is 108 Å². The molecule has 10 heteroatoms. The average molecular weight is 679 g/mol. The minimum Gasteiger partial charge on any atom is -0.491 e. The van der Waals surface area contributed by atoms with Crippen molar-refractivity contribution in [2.24, 2.45) is 0 Å². The van der Waals surface area contributed by atoms with Crippen molar-refractivity contribution < 1.29 is 22.7 Å². The molecule has 0 saturated heterocycles. The second-order valence-electron chi connectivity index (χ2n) is 12.6. The van der Waals surface area contributed by atoms with E-state index in [1.165, 1.54) is 15.7 Å². The molecule has 246 valence electrons. The van der Waals surface area contributed by atoms with Crippen molar-refractivity contribution in [2.75, 3.05) is 18.1 Å². The number of aldehydes is 1. The number of anilines is 1. The van der Waals surface area contributed by atoms with E-state index in [1.54, 1.807) is 59.5 Å². The Kier molecular flexibility index (Phi) is 7.57. The third kappa shape index (κ3) is 5.32. The third-order valence-corrected chi connectivity index (χ3v) is 11.1. The van der Waals surface area contributed by atoms with Gasteiger partial charge in [-0.25, -0.2) is 17.4 Å². The number of carbonyl (C=O) groups is 2. The fraction of sp³-hybridized carbons (Fsp3) is 0.150. The topological polar surface area (TPSA) is 122 Å². The average Bonchev–Trinajstić information content (AvgIpc) is 3.94. The summed E-state index contributed by atoms with van der Waals surface area (Å²) in [7, 11) is -4.19. The van der Waals surface area contributed by atoms with Crippen molar-refractivity contribution in [3.8, 4) is 34.2 Å². The molecule has 50 heavy (non-hydrogen) atoms. The van der Waals surface area contributed by atoms with Gasteiger partial charge in [0.1, 0.15) is 24.7 Å². The molecule has 3 heterocycles. The third-order valence-electron chi connectivity index (χ3n) is 9.36. The summed E-state index contributed by atoms with van der Waals surface area (Å²) in [5, 5.41) is 10.7. The van der Waals surface area contributed by atoms with E-state index in [-0.39, 0.29) is 22.0 Å². The zero-order valence-electron chi connectivity index (χ0n) is 27.0. The van der Waals surface area contributed by atoms with Gasteiger partial charge in [-0.1, -0.05) is 60.2 Å². The largest absolute Gasteiger partial charge is 0.491 e. The second-order valence-corrected chi connectivity index (χ2v) is 14.4. The number of nitriles is 1. The van der Waals surface area contributed by atoms with E-state index in [2.05, 4.69) is 11.1 Å². The molecule has 0 spiro atoms. The predicted octanol–water partition coefficient (Wildman–Crippen LogP) is 7.52. The molecule has 1 fully saturated rings. The number of benzene rings is 4. The smallest absolute Gasteiger partial charge is 0.269 e. The van der Waals surface area contributed by atoms with Gasteiger partial charge in [-0.15, -0.1) is 0 Å². The molecule has 1 saturated carbocycles. The van der Waals surface area contributed by atoms with E-state index in [4.69, 9.17) is 4.74 Å². The molecule has 1 aliphatic heterocycles. The minimum absolute atomic E-state index is 0.0764. The van der Waals surface area contributed by atoms with Gasteiger partial charge in [-0.05, 0) is 84.8 Å². The van der Waals surface area contributed by atoms with E-state index in [9.17, 15) is 23.3 Å². The number of nitrogens with zero attached hydrogens (tertiary/aromatic N) is 4. The molecule has 8 rings (SSSR count). The highest BCUT2D eigenvalue weighted by molar-refractivity contribution is 7.90. The van der Waals surface area contributed by atoms with Crippen LogP contribution in [-0.2, 0) is 10.0 Å². The fourth-order valence-electron chi connectivity index (χ4n) is 6.59. The fourth-order valence-corrected chi connectivity index (χ4v) is 8.07. The lowest BCUT2D eigenvalue weighted by Crippen LogP contribution is -2.32. The van der Waals surface area contributed by atoms with Crippen molar-refractivity contribution in [1.29, 1.82) is 5.26 Å². The van der Waals surface area contributed by atoms with E-state index in [1.807, 2.05) is 49.4 Å². The van der Waals surface area contributed by atoms with Gasteiger partial charge in [0, 0.05) is 28.4 Å². The second kappa shape index (κ2) is 12.1. The summed E-state index contributed by atoms with van der Waals surface area (Å²) >= 11 is 0. The lowest BCUT2D eigenvalue weighted by molar-refractivity contribution is 0.0989. The highest BCUT2D eigenvalue weighted by Gasteiger charge is 2.30. The van der Waals surface area contributed by atoms with E-state index in [0.29, 0.717) is 69.4 Å². The lowest BCUT2D eigenvalue weighted by Gasteiger charge is -2.21. The first-order chi connectivity index (χ1) is 24.3. The summed E-state index contributed by atoms with van der Waals surface area (Å²) in [5.41, 5.74) is 5.98. The van der Waals surface area contributed by atoms with Crippen LogP contribution in [0.5, 0.6) is 5.75 Å². The Morgan fingerprint density at radius 3 is 2.44 bits per heavy atom. The Balaban J connectivity index is 1.29. The molecule has 0 bridgehead atoms. The van der Waals surface area contributed by atoms with Gasteiger partial charge in [-0.2, -0.15) is 5.26 Å². The van der Waals surface area contributed by atoms with Crippen LogP contribution in [0.1, 0.15) is 56.2 Å². The zero-order chi connectivity index (χ0) is 34.6. The molecular formula is C40H30N4O5S. The van der Waals surface area contributed by atoms with Crippen molar-refractivity contribution in [1.82, 2.24) is 8.96 Å². The first kappa shape index (κ1) is 31.2. The standard InChI is InChI=1S/C40H30N4O5S/c1-25-5-14-33(15-6-25)50(47,48)44-36(28-9-7-26(24-45)8-10-28)21-35-38(31(22-41)23-42-39(35)44)30-3-2-4-32(19-30)43-17-18-49-37-20-29(27-11-12-27)13-16-34(37)40(43)46/h2-10,13-16,19-21,23-24,27H,11-12,17-18H2,1H3. The number of hydrogen-bond acceptors (Lipinski definition) is 7. The van der Waals surface area contributed by atoms with Crippen LogP contribution in [0.25, 0.3) is 33.4 Å². The number of rotatable bonds is 7. The number of ether oxygens (including phenoxy) is 1. The first-order valence-corrected chi connectivity index (χ1v) is 17.7. The number of fused-ring (bicyclic) bond motifs is 2. The number of aryl methyl sites for hydroxylation is 1. The van der Waals surface area contributed by atoms with E-state index >= 15 is 0 Å². The van der Waals surface area contributed by atoms with Gasteiger partial charge in [0.25, 0.3) is 15.9 Å². The van der Waals surface area contributed by atoms with Gasteiger partial charge in [0.15, 0.2) is 5.65 Å². The molecule has 9 nitrogen and oxygen atoms in total. The quantitative estimate of drug-likeness (QED) is 0.160. The normalized spacial score (nSPS) is 14.5. The molecule has 1 amide bonds. The summed E-state index contributed by atoms with van der Waals surface area (Å²) in [6.07, 6.45) is 4.39. The van der Waals surface area contributed by atoms with Gasteiger partial charge in [0.2, 0.25) is 0 Å². The van der Waals surface area contributed by atoms with Gasteiger partial charge in [-0.3, -0.25) is 9.59 Å². The predicted molar refractivity (Wildman–Crippen MR) is 190 cm³/mol. The maximum Gasteiger partial charge on any atom is 0.269 e. The summed E-state index contributed by atoms with van der Waals surface area (Å²) in [6, 6.07) is 30.3. The summed E-state index contributed by atoms with van der Waals surface area (Å²) in [6.45, 7) is 2.51. The first-order valence-electron chi connectivity index (χ1n) is 16.3. The molecule has 4 aromatic carbocycles. The van der Waals surface area contributed by atoms with Crippen LogP contribution in [0, 0.1) is 18.3 Å². The number of aromatic nitrogens is 2. The Labute approximate surface area is 289 Å². The monoisotopic (exact) mass is 678 g/mol. The van der Waals surface area contributed by atoms with Crippen LogP contribution in [0.4, 0.5) is 5.69 Å². The van der Waals surface area contributed by atoms with Crippen molar-refractivity contribution in [2.45, 2.75) is 30.6 Å². The number of carbonyl (C=O) groups excluding carboxylic acids is 2. The Bertz CT molecular complexity index is 2490. The molecule has 2 aromatic heterocycles. The van der Waals surface area contributed by atoms with Crippen molar-refractivity contribution in [3.63, 3.8) is 0 Å². The van der Waals surface area contributed by atoms with Crippen LogP contribution >= 0.6 is 0 Å². The Hall–Kier alpha value is -6.05. The van der Waals surface area contributed by atoms with Crippen molar-refractivity contribution >= 4 is 38.9 Å². The molecule has 6 aromatic rings. The summed E-state index contributed by atoms with van der Waals surface area (Å²) in [5.74, 6) is 0.929. The van der Waals surface area contributed by atoms with E-state index < -0.39 is 10.0 Å². The van der Waals surface area contributed by atoms with E-state index in [0.717, 1.165) is 24.7 Å². The summed E-state index contributed by atoms with van der Waals surface area (Å²) < 4.78 is 36.0. The number of amides is 1. The van der Waals surface area contributed by atoms with Crippen LogP contribution in [0.2, 0.25) is 0 Å². The zero-order valence-corrected chi connectivity index (χ0v) is 27.9. The molecular weight excluding hydrogens is 649 g/mol. The number of pyridine rings is 1. The lowest BCUT2D eigenvalue weighted by atomic mass is 9.97. The minimum atomic E-state index is -4.19. The molecule has 0 atom stereocenters. The Morgan fingerprint density at radius 1 is 0.940 bits per heavy atom. The van der Waals surface area contributed by atoms with Crippen LogP contribution in [-0.4, -0.2) is 42.7 Å². The molecule has 1 aliphatic carbocycles.